The van der Waals surface area contributed by atoms with E-state index in [1.807, 2.05) is 0 Å². The van der Waals surface area contributed by atoms with Gasteiger partial charge in [-0.15, -0.1) is 6.58 Å². The van der Waals surface area contributed by atoms with Crippen LogP contribution in [0.5, 0.6) is 0 Å². The number of para-hydroxylation sites is 1. The van der Waals surface area contributed by atoms with E-state index in [4.69, 9.17) is 5.41 Å². The van der Waals surface area contributed by atoms with Gasteiger partial charge in [-0.2, -0.15) is 0 Å². The van der Waals surface area contributed by atoms with E-state index in [2.05, 4.69) is 16.5 Å². The Morgan fingerprint density at radius 2 is 2.24 bits per heavy atom. The normalized spacial score (nSPS) is 15.0. The number of nitrogens with zero attached hydrogens (tertiary/aromatic N) is 2. The molecule has 0 atom stereocenters. The predicted octanol–water partition coefficient (Wildman–Crippen LogP) is 1.67. The van der Waals surface area contributed by atoms with Crippen molar-refractivity contribution in [3.8, 4) is 0 Å². The van der Waals surface area contributed by atoms with Crippen molar-refractivity contribution in [1.29, 1.82) is 5.41 Å². The van der Waals surface area contributed by atoms with Gasteiger partial charge in [0, 0.05) is 6.54 Å². The number of amidine groups is 1. The summed E-state index contributed by atoms with van der Waals surface area (Å²) in [6.07, 6.45) is 1.65. The summed E-state index contributed by atoms with van der Waals surface area (Å²) < 4.78 is 0. The van der Waals surface area contributed by atoms with Gasteiger partial charge in [0.1, 0.15) is 17.4 Å². The summed E-state index contributed by atoms with van der Waals surface area (Å²) in [6, 6.07) is 6.96. The summed E-state index contributed by atoms with van der Waals surface area (Å²) >= 11 is 0. The average Bonchev–Trinajstić information content (AvgIpc) is 2.74. The van der Waals surface area contributed by atoms with Crippen LogP contribution in [0.25, 0.3) is 16.5 Å². The largest absolute Gasteiger partial charge is 0.510 e. The van der Waals surface area contributed by atoms with E-state index in [9.17, 15) is 9.90 Å². The number of aliphatic hydroxyl groups excluding tert-OH is 1. The van der Waals surface area contributed by atoms with E-state index in [-0.39, 0.29) is 35.1 Å². The Balaban J connectivity index is 2.13. The topological polar surface area (TPSA) is 93.1 Å². The first-order valence-corrected chi connectivity index (χ1v) is 6.48. The highest BCUT2D eigenvalue weighted by Gasteiger charge is 2.29. The van der Waals surface area contributed by atoms with E-state index in [1.54, 1.807) is 35.2 Å². The smallest absolute Gasteiger partial charge is 0.259 e. The molecule has 1 aliphatic rings. The van der Waals surface area contributed by atoms with Crippen molar-refractivity contribution in [3.05, 3.63) is 58.9 Å². The molecule has 0 unspecified atom stereocenters. The van der Waals surface area contributed by atoms with Gasteiger partial charge in [-0.1, -0.05) is 18.2 Å². The van der Waals surface area contributed by atoms with Gasteiger partial charge in [-0.3, -0.25) is 10.2 Å². The third-order valence-corrected chi connectivity index (χ3v) is 3.38. The molecular weight excluding hydrogens is 268 g/mol. The van der Waals surface area contributed by atoms with Gasteiger partial charge in [0.05, 0.1) is 23.0 Å². The van der Waals surface area contributed by atoms with E-state index < -0.39 is 0 Å². The van der Waals surface area contributed by atoms with E-state index in [0.29, 0.717) is 17.4 Å². The average molecular weight is 282 g/mol. The number of aliphatic hydroxyl groups is 1. The summed E-state index contributed by atoms with van der Waals surface area (Å²) in [4.78, 5) is 20.7. The van der Waals surface area contributed by atoms with Crippen LogP contribution < -0.4 is 5.56 Å². The number of fused-ring (bicyclic) bond motifs is 1. The fourth-order valence-corrected chi connectivity index (χ4v) is 2.40. The van der Waals surface area contributed by atoms with Crippen LogP contribution in [0.1, 0.15) is 5.82 Å². The molecule has 0 saturated carbocycles. The van der Waals surface area contributed by atoms with Gasteiger partial charge in [-0.25, -0.2) is 4.98 Å². The number of H-pyrrole nitrogens is 1. The van der Waals surface area contributed by atoms with Crippen LogP contribution in [0.4, 0.5) is 0 Å². The highest BCUT2D eigenvalue weighted by molar-refractivity contribution is 6.22. The lowest BCUT2D eigenvalue weighted by atomic mass is 10.2. The maximum Gasteiger partial charge on any atom is 0.259 e. The molecule has 21 heavy (non-hydrogen) atoms. The molecule has 2 aromatic rings. The van der Waals surface area contributed by atoms with E-state index in [0.717, 1.165) is 0 Å². The van der Waals surface area contributed by atoms with Crippen LogP contribution in [0.2, 0.25) is 0 Å². The Morgan fingerprint density at radius 1 is 1.48 bits per heavy atom. The zero-order chi connectivity index (χ0) is 15.0. The lowest BCUT2D eigenvalue weighted by Gasteiger charge is -2.15. The van der Waals surface area contributed by atoms with E-state index >= 15 is 0 Å². The second kappa shape index (κ2) is 4.90. The molecule has 0 bridgehead atoms. The molecule has 0 radical (unpaired) electrons. The maximum atomic E-state index is 12.1. The van der Waals surface area contributed by atoms with Crippen molar-refractivity contribution < 1.29 is 5.11 Å². The van der Waals surface area contributed by atoms with Crippen molar-refractivity contribution >= 4 is 22.3 Å². The Labute approximate surface area is 120 Å². The fraction of sp³-hybridized carbons (Fsp3) is 0.133. The second-order valence-electron chi connectivity index (χ2n) is 4.77. The van der Waals surface area contributed by atoms with Crippen LogP contribution >= 0.6 is 0 Å². The van der Waals surface area contributed by atoms with Gasteiger partial charge in [-0.05, 0) is 12.1 Å². The zero-order valence-electron chi connectivity index (χ0n) is 11.3. The predicted molar refractivity (Wildman–Crippen MR) is 81.4 cm³/mol. The minimum atomic E-state index is -0.286. The molecule has 0 spiro atoms. The monoisotopic (exact) mass is 282 g/mol. The van der Waals surface area contributed by atoms with Crippen molar-refractivity contribution in [2.75, 3.05) is 13.1 Å². The zero-order valence-corrected chi connectivity index (χ0v) is 11.3. The SMILES string of the molecule is C=CCN1CC(O)=C(c2nc3ccccc3c(=O)[nH]2)C1=N. The Kier molecular flexibility index (Phi) is 3.06. The number of hydrogen-bond donors (Lipinski definition) is 3. The molecule has 6 nitrogen and oxygen atoms in total. The summed E-state index contributed by atoms with van der Waals surface area (Å²) in [7, 11) is 0. The number of aromatic nitrogens is 2. The van der Waals surface area contributed by atoms with Gasteiger partial charge >= 0.3 is 0 Å². The Hall–Kier alpha value is -2.89. The number of rotatable bonds is 3. The third-order valence-electron chi connectivity index (χ3n) is 3.38. The van der Waals surface area contributed by atoms with Crippen molar-refractivity contribution in [1.82, 2.24) is 14.9 Å². The molecule has 106 valence electrons. The molecule has 1 aromatic carbocycles. The summed E-state index contributed by atoms with van der Waals surface area (Å²) in [5, 5.41) is 18.7. The second-order valence-corrected chi connectivity index (χ2v) is 4.77. The lowest BCUT2D eigenvalue weighted by Crippen LogP contribution is -2.27. The van der Waals surface area contributed by atoms with E-state index in [1.165, 1.54) is 0 Å². The number of aromatic amines is 1. The lowest BCUT2D eigenvalue weighted by molar-refractivity contribution is 0.362. The number of nitrogens with one attached hydrogen (secondary N) is 2. The fourth-order valence-electron chi connectivity index (χ4n) is 2.40. The molecular formula is C15H14N4O2. The standard InChI is InChI=1S/C15H14N4O2/c1-2-7-19-8-11(20)12(13(19)16)14-17-10-6-4-3-5-9(10)15(21)18-14/h2-6,16,20H,1,7-8H2,(H,17,18,21). The molecule has 1 aliphatic heterocycles. The van der Waals surface area contributed by atoms with Crippen molar-refractivity contribution in [2.45, 2.75) is 0 Å². The Morgan fingerprint density at radius 3 is 3.00 bits per heavy atom. The van der Waals surface area contributed by atoms with Crippen LogP contribution in [-0.2, 0) is 0 Å². The van der Waals surface area contributed by atoms with Gasteiger partial charge in [0.25, 0.3) is 5.56 Å². The first-order chi connectivity index (χ1) is 10.1. The van der Waals surface area contributed by atoms with Crippen molar-refractivity contribution in [2.24, 2.45) is 0 Å². The van der Waals surface area contributed by atoms with Gasteiger partial charge in [0.15, 0.2) is 0 Å². The summed E-state index contributed by atoms with van der Waals surface area (Å²) in [5.41, 5.74) is 0.511. The summed E-state index contributed by atoms with van der Waals surface area (Å²) in [6.45, 7) is 4.29. The molecule has 3 N–H and O–H groups in total. The number of benzene rings is 1. The van der Waals surface area contributed by atoms with Crippen LogP contribution in [0, 0.1) is 5.41 Å². The molecule has 0 amide bonds. The highest BCUT2D eigenvalue weighted by Crippen LogP contribution is 2.24. The maximum absolute atomic E-state index is 12.1. The molecule has 6 heteroatoms. The third kappa shape index (κ3) is 2.10. The first-order valence-electron chi connectivity index (χ1n) is 6.48. The van der Waals surface area contributed by atoms with Gasteiger partial charge in [0.2, 0.25) is 0 Å². The van der Waals surface area contributed by atoms with Crippen LogP contribution in [0.15, 0.2) is 47.5 Å². The highest BCUT2D eigenvalue weighted by atomic mass is 16.3. The molecule has 1 aromatic heterocycles. The van der Waals surface area contributed by atoms with Crippen LogP contribution in [0.3, 0.4) is 0 Å². The van der Waals surface area contributed by atoms with Crippen molar-refractivity contribution in [3.63, 3.8) is 0 Å². The molecule has 0 aliphatic carbocycles. The molecule has 0 fully saturated rings. The number of hydrogen-bond acceptors (Lipinski definition) is 4. The van der Waals surface area contributed by atoms with Crippen LogP contribution in [-0.4, -0.2) is 38.9 Å². The molecule has 3 rings (SSSR count). The quantitative estimate of drug-likeness (QED) is 0.746. The summed E-state index contributed by atoms with van der Waals surface area (Å²) in [5.74, 6) is 0.374. The van der Waals surface area contributed by atoms with Gasteiger partial charge < -0.3 is 15.0 Å². The molecule has 2 heterocycles. The minimum Gasteiger partial charge on any atom is -0.510 e. The Bertz CT molecular complexity index is 835. The minimum absolute atomic E-state index is 0.0280. The molecule has 0 saturated heterocycles. The first kappa shape index (κ1) is 13.1.